The number of carbonyl (C=O) groups excluding carboxylic acids is 1. The molecule has 0 aliphatic heterocycles. The summed E-state index contributed by atoms with van der Waals surface area (Å²) in [6.07, 6.45) is 1.72. The zero-order valence-electron chi connectivity index (χ0n) is 10.9. The van der Waals surface area contributed by atoms with Gasteiger partial charge in [0.05, 0.1) is 0 Å². The summed E-state index contributed by atoms with van der Waals surface area (Å²) in [6, 6.07) is 7.69. The highest BCUT2D eigenvalue weighted by molar-refractivity contribution is 7.18. The molecule has 3 rings (SSSR count). The van der Waals surface area contributed by atoms with Crippen LogP contribution in [0.1, 0.15) is 22.2 Å². The predicted octanol–water partition coefficient (Wildman–Crippen LogP) is 2.87. The summed E-state index contributed by atoms with van der Waals surface area (Å²) in [7, 11) is 0. The van der Waals surface area contributed by atoms with Crippen LogP contribution in [-0.4, -0.2) is 22.3 Å². The smallest absolute Gasteiger partial charge is 0.208 e. The molecule has 0 aliphatic carbocycles. The molecule has 2 heterocycles. The van der Waals surface area contributed by atoms with Gasteiger partial charge in [0.15, 0.2) is 5.13 Å². The highest BCUT2D eigenvalue weighted by atomic mass is 32.1. The summed E-state index contributed by atoms with van der Waals surface area (Å²) in [6.45, 7) is 2.71. The van der Waals surface area contributed by atoms with Crippen molar-refractivity contribution in [1.29, 1.82) is 0 Å². The molecule has 0 bridgehead atoms. The van der Waals surface area contributed by atoms with E-state index in [-0.39, 0.29) is 11.6 Å². The summed E-state index contributed by atoms with van der Waals surface area (Å²) in [5.74, 6) is 0.183. The molecule has 0 saturated heterocycles. The number of hydrogen-bond donors (Lipinski definition) is 3. The Labute approximate surface area is 119 Å². The summed E-state index contributed by atoms with van der Waals surface area (Å²) in [4.78, 5) is 20.3. The molecule has 0 aliphatic rings. The standard InChI is InChI=1S/C14H14N4OS/c1-2-16-14-18-13(15)12(20-14)11(19)9-7-17-10-6-4-3-5-8(9)10/h3-7,17H,2,15H2,1H3,(H,16,18). The number of hydrogen-bond acceptors (Lipinski definition) is 5. The van der Waals surface area contributed by atoms with Crippen LogP contribution in [0.2, 0.25) is 0 Å². The summed E-state index contributed by atoms with van der Waals surface area (Å²) >= 11 is 1.29. The van der Waals surface area contributed by atoms with Gasteiger partial charge < -0.3 is 16.0 Å². The number of H-pyrrole nitrogens is 1. The average molecular weight is 286 g/mol. The first-order valence-corrected chi connectivity index (χ1v) is 7.13. The number of aromatic amines is 1. The Balaban J connectivity index is 2.04. The molecular weight excluding hydrogens is 272 g/mol. The molecule has 1 aromatic carbocycles. The Morgan fingerprint density at radius 2 is 2.25 bits per heavy atom. The molecule has 0 unspecified atom stereocenters. The van der Waals surface area contributed by atoms with Crippen molar-refractivity contribution in [3.8, 4) is 0 Å². The van der Waals surface area contributed by atoms with Crippen molar-refractivity contribution in [1.82, 2.24) is 9.97 Å². The van der Waals surface area contributed by atoms with E-state index in [4.69, 9.17) is 5.73 Å². The predicted molar refractivity (Wildman–Crippen MR) is 82.4 cm³/mol. The van der Waals surface area contributed by atoms with E-state index in [1.54, 1.807) is 6.20 Å². The second-order valence-corrected chi connectivity index (χ2v) is 5.34. The number of para-hydroxylation sites is 1. The number of nitrogens with two attached hydrogens (primary N) is 1. The Kier molecular flexibility index (Phi) is 3.15. The van der Waals surface area contributed by atoms with E-state index in [1.165, 1.54) is 11.3 Å². The third kappa shape index (κ3) is 2.04. The largest absolute Gasteiger partial charge is 0.382 e. The summed E-state index contributed by atoms with van der Waals surface area (Å²) < 4.78 is 0. The molecule has 0 spiro atoms. The molecule has 6 heteroatoms. The first-order valence-electron chi connectivity index (χ1n) is 6.31. The van der Waals surface area contributed by atoms with E-state index in [9.17, 15) is 4.79 Å². The van der Waals surface area contributed by atoms with E-state index >= 15 is 0 Å². The van der Waals surface area contributed by atoms with Crippen LogP contribution >= 0.6 is 11.3 Å². The van der Waals surface area contributed by atoms with Gasteiger partial charge in [-0.15, -0.1) is 0 Å². The monoisotopic (exact) mass is 286 g/mol. The SMILES string of the molecule is CCNc1nc(N)c(C(=O)c2c[nH]c3ccccc23)s1. The van der Waals surface area contributed by atoms with Gasteiger partial charge >= 0.3 is 0 Å². The van der Waals surface area contributed by atoms with Crippen molar-refractivity contribution in [3.63, 3.8) is 0 Å². The minimum Gasteiger partial charge on any atom is -0.382 e. The number of carbonyl (C=O) groups is 1. The number of benzene rings is 1. The topological polar surface area (TPSA) is 83.8 Å². The van der Waals surface area contributed by atoms with Crippen LogP contribution in [0, 0.1) is 0 Å². The van der Waals surface area contributed by atoms with E-state index in [2.05, 4.69) is 15.3 Å². The molecule has 4 N–H and O–H groups in total. The molecule has 3 aromatic rings. The zero-order chi connectivity index (χ0) is 14.1. The number of fused-ring (bicyclic) bond motifs is 1. The van der Waals surface area contributed by atoms with Gasteiger partial charge in [0.2, 0.25) is 5.78 Å². The fraction of sp³-hybridized carbons (Fsp3) is 0.143. The summed E-state index contributed by atoms with van der Waals surface area (Å²) in [5.41, 5.74) is 7.41. The number of aromatic nitrogens is 2. The van der Waals surface area contributed by atoms with Crippen LogP contribution in [0.5, 0.6) is 0 Å². The van der Waals surface area contributed by atoms with Crippen molar-refractivity contribution in [2.24, 2.45) is 0 Å². The molecule has 0 amide bonds. The highest BCUT2D eigenvalue weighted by Gasteiger charge is 2.20. The number of nitrogen functional groups attached to an aromatic ring is 1. The van der Waals surface area contributed by atoms with Crippen LogP contribution in [0.25, 0.3) is 10.9 Å². The van der Waals surface area contributed by atoms with E-state index in [1.807, 2.05) is 31.2 Å². The van der Waals surface area contributed by atoms with Gasteiger partial charge in [-0.1, -0.05) is 29.5 Å². The molecule has 0 radical (unpaired) electrons. The van der Waals surface area contributed by atoms with Crippen LogP contribution in [0.3, 0.4) is 0 Å². The fourth-order valence-corrected chi connectivity index (χ4v) is 3.01. The molecular formula is C14H14N4OS. The van der Waals surface area contributed by atoms with Gasteiger partial charge in [0.1, 0.15) is 10.7 Å². The number of anilines is 2. The molecule has 0 atom stereocenters. The first kappa shape index (κ1) is 12.7. The molecule has 102 valence electrons. The van der Waals surface area contributed by atoms with E-state index < -0.39 is 0 Å². The van der Waals surface area contributed by atoms with Gasteiger partial charge in [0, 0.05) is 29.2 Å². The third-order valence-electron chi connectivity index (χ3n) is 3.02. The first-order chi connectivity index (χ1) is 9.70. The number of ketones is 1. The average Bonchev–Trinajstić information content (AvgIpc) is 3.02. The van der Waals surface area contributed by atoms with Crippen molar-refractivity contribution in [3.05, 3.63) is 40.9 Å². The molecule has 2 aromatic heterocycles. The summed E-state index contributed by atoms with van der Waals surface area (Å²) in [5, 5.41) is 4.65. The van der Waals surface area contributed by atoms with Crippen LogP contribution in [0.4, 0.5) is 10.9 Å². The van der Waals surface area contributed by atoms with Gasteiger partial charge in [-0.25, -0.2) is 4.98 Å². The van der Waals surface area contributed by atoms with Gasteiger partial charge in [-0.3, -0.25) is 4.79 Å². The maximum absolute atomic E-state index is 12.6. The lowest BCUT2D eigenvalue weighted by Gasteiger charge is -1.97. The molecule has 0 fully saturated rings. The Morgan fingerprint density at radius 1 is 1.45 bits per heavy atom. The number of thiazole rings is 1. The van der Waals surface area contributed by atoms with Crippen LogP contribution in [-0.2, 0) is 0 Å². The normalized spacial score (nSPS) is 10.8. The van der Waals surface area contributed by atoms with Gasteiger partial charge in [-0.2, -0.15) is 0 Å². The molecule has 5 nitrogen and oxygen atoms in total. The second-order valence-electron chi connectivity index (χ2n) is 4.34. The van der Waals surface area contributed by atoms with Crippen LogP contribution < -0.4 is 11.1 Å². The van der Waals surface area contributed by atoms with Crippen molar-refractivity contribution in [2.45, 2.75) is 6.92 Å². The molecule has 20 heavy (non-hydrogen) atoms. The van der Waals surface area contributed by atoms with Crippen molar-refractivity contribution < 1.29 is 4.79 Å². The Hall–Kier alpha value is -2.34. The number of nitrogens with one attached hydrogen (secondary N) is 2. The van der Waals surface area contributed by atoms with E-state index in [0.717, 1.165) is 17.4 Å². The zero-order valence-corrected chi connectivity index (χ0v) is 11.8. The maximum Gasteiger partial charge on any atom is 0.208 e. The minimum atomic E-state index is -0.0957. The highest BCUT2D eigenvalue weighted by Crippen LogP contribution is 2.29. The second kappa shape index (κ2) is 4.97. The third-order valence-corrected chi connectivity index (χ3v) is 4.05. The van der Waals surface area contributed by atoms with E-state index in [0.29, 0.717) is 15.6 Å². The van der Waals surface area contributed by atoms with Gasteiger partial charge in [0.25, 0.3) is 0 Å². The van der Waals surface area contributed by atoms with Crippen LogP contribution in [0.15, 0.2) is 30.5 Å². The Morgan fingerprint density at radius 3 is 3.05 bits per heavy atom. The lowest BCUT2D eigenvalue weighted by molar-refractivity contribution is 0.104. The maximum atomic E-state index is 12.6. The van der Waals surface area contributed by atoms with Crippen molar-refractivity contribution in [2.75, 3.05) is 17.6 Å². The Bertz CT molecular complexity index is 774. The number of rotatable bonds is 4. The van der Waals surface area contributed by atoms with Gasteiger partial charge in [-0.05, 0) is 13.0 Å². The number of nitrogens with zero attached hydrogens (tertiary/aromatic N) is 1. The lowest BCUT2D eigenvalue weighted by atomic mass is 10.1. The molecule has 0 saturated carbocycles. The minimum absolute atomic E-state index is 0.0957. The lowest BCUT2D eigenvalue weighted by Crippen LogP contribution is -2.01. The fourth-order valence-electron chi connectivity index (χ4n) is 2.10. The quantitative estimate of drug-likeness (QED) is 0.644. The van der Waals surface area contributed by atoms with Crippen molar-refractivity contribution >= 4 is 39.0 Å².